The second-order valence-corrected chi connectivity index (χ2v) is 14.0. The van der Waals surface area contributed by atoms with E-state index >= 15 is 0 Å². The number of anilines is 3. The summed E-state index contributed by atoms with van der Waals surface area (Å²) in [6, 6.07) is 66.2. The molecule has 11 aromatic rings. The molecule has 3 aromatic heterocycles. The maximum absolute atomic E-state index is 6.86. The molecule has 0 saturated carbocycles. The van der Waals surface area contributed by atoms with Gasteiger partial charge in [0.1, 0.15) is 22.3 Å². The number of furan rings is 2. The van der Waals surface area contributed by atoms with Crippen molar-refractivity contribution in [1.82, 2.24) is 15.0 Å². The minimum atomic E-state index is 0.568. The third-order valence-corrected chi connectivity index (χ3v) is 10.5. The standard InChI is InChI=1S/C51H32N4O2/c1-5-16-33(17-6-1)42-30-38(55(36-22-11-4-12-23-36)37-28-29-40-39-24-13-14-26-44(39)56-46(40)32-37)31-43-47-41(25-15-27-45(47)57-48(42)43)51-53-49(34-18-7-2-8-19-34)52-50(54-51)35-20-9-3-10-21-35/h1-32H. The average molecular weight is 733 g/mol. The predicted octanol–water partition coefficient (Wildman–Crippen LogP) is 13.8. The van der Waals surface area contributed by atoms with Crippen molar-refractivity contribution >= 4 is 60.9 Å². The van der Waals surface area contributed by atoms with Crippen LogP contribution in [-0.4, -0.2) is 15.0 Å². The fraction of sp³-hybridized carbons (Fsp3) is 0. The monoisotopic (exact) mass is 732 g/mol. The van der Waals surface area contributed by atoms with Crippen LogP contribution in [-0.2, 0) is 0 Å². The van der Waals surface area contributed by atoms with E-state index in [4.69, 9.17) is 23.8 Å². The molecule has 0 aliphatic carbocycles. The van der Waals surface area contributed by atoms with E-state index in [1.165, 1.54) is 0 Å². The van der Waals surface area contributed by atoms with Crippen LogP contribution in [0.2, 0.25) is 0 Å². The Balaban J connectivity index is 1.19. The van der Waals surface area contributed by atoms with Gasteiger partial charge in [-0.25, -0.2) is 15.0 Å². The van der Waals surface area contributed by atoms with E-state index < -0.39 is 0 Å². The molecule has 0 aliphatic rings. The summed E-state index contributed by atoms with van der Waals surface area (Å²) in [4.78, 5) is 17.5. The van der Waals surface area contributed by atoms with Crippen molar-refractivity contribution in [2.75, 3.05) is 4.90 Å². The van der Waals surface area contributed by atoms with Crippen molar-refractivity contribution in [3.63, 3.8) is 0 Å². The van der Waals surface area contributed by atoms with Crippen LogP contribution in [0.5, 0.6) is 0 Å². The maximum atomic E-state index is 6.86. The molecule has 0 amide bonds. The smallest absolute Gasteiger partial charge is 0.164 e. The largest absolute Gasteiger partial charge is 0.456 e. The van der Waals surface area contributed by atoms with E-state index in [0.29, 0.717) is 17.5 Å². The molecular weight excluding hydrogens is 701 g/mol. The summed E-state index contributed by atoms with van der Waals surface area (Å²) in [5.41, 5.74) is 10.9. The van der Waals surface area contributed by atoms with E-state index in [-0.39, 0.29) is 0 Å². The molecule has 268 valence electrons. The number of hydrogen-bond acceptors (Lipinski definition) is 6. The number of benzene rings is 8. The summed E-state index contributed by atoms with van der Waals surface area (Å²) in [6.45, 7) is 0. The Bertz CT molecular complexity index is 3170. The van der Waals surface area contributed by atoms with Gasteiger partial charge in [-0.2, -0.15) is 0 Å². The van der Waals surface area contributed by atoms with Crippen LogP contribution in [0.25, 0.3) is 89.2 Å². The Morgan fingerprint density at radius 1 is 0.333 bits per heavy atom. The Kier molecular flexibility index (Phi) is 7.71. The maximum Gasteiger partial charge on any atom is 0.164 e. The van der Waals surface area contributed by atoms with Gasteiger partial charge in [-0.1, -0.05) is 140 Å². The molecule has 0 fully saturated rings. The van der Waals surface area contributed by atoms with Crippen molar-refractivity contribution in [2.24, 2.45) is 0 Å². The van der Waals surface area contributed by atoms with Crippen molar-refractivity contribution < 1.29 is 8.83 Å². The van der Waals surface area contributed by atoms with Gasteiger partial charge in [0.2, 0.25) is 0 Å². The zero-order valence-electron chi connectivity index (χ0n) is 30.6. The summed E-state index contributed by atoms with van der Waals surface area (Å²) in [7, 11) is 0. The fourth-order valence-corrected chi connectivity index (χ4v) is 7.87. The van der Waals surface area contributed by atoms with Crippen LogP contribution in [0.3, 0.4) is 0 Å². The number of hydrogen-bond donors (Lipinski definition) is 0. The molecule has 0 atom stereocenters. The molecule has 0 bridgehead atoms. The third kappa shape index (κ3) is 5.70. The molecule has 0 saturated heterocycles. The highest BCUT2D eigenvalue weighted by Crippen LogP contribution is 2.46. The highest BCUT2D eigenvalue weighted by atomic mass is 16.3. The van der Waals surface area contributed by atoms with Crippen molar-refractivity contribution in [1.29, 1.82) is 0 Å². The van der Waals surface area contributed by atoms with Crippen molar-refractivity contribution in [3.05, 3.63) is 194 Å². The quantitative estimate of drug-likeness (QED) is 0.162. The first-order chi connectivity index (χ1) is 28.2. The Morgan fingerprint density at radius 2 is 0.912 bits per heavy atom. The summed E-state index contributed by atoms with van der Waals surface area (Å²) in [5, 5.41) is 4.05. The third-order valence-electron chi connectivity index (χ3n) is 10.5. The van der Waals surface area contributed by atoms with E-state index in [9.17, 15) is 0 Å². The molecule has 0 radical (unpaired) electrons. The highest BCUT2D eigenvalue weighted by Gasteiger charge is 2.23. The molecule has 6 heteroatoms. The highest BCUT2D eigenvalue weighted by molar-refractivity contribution is 6.16. The number of aromatic nitrogens is 3. The van der Waals surface area contributed by atoms with Crippen molar-refractivity contribution in [2.45, 2.75) is 0 Å². The average Bonchev–Trinajstić information content (AvgIpc) is 3.86. The van der Waals surface area contributed by atoms with E-state index in [0.717, 1.165) is 88.8 Å². The predicted molar refractivity (Wildman–Crippen MR) is 231 cm³/mol. The lowest BCUT2D eigenvalue weighted by molar-refractivity contribution is 0.668. The van der Waals surface area contributed by atoms with Crippen LogP contribution < -0.4 is 4.90 Å². The molecular formula is C51H32N4O2. The van der Waals surface area contributed by atoms with Crippen LogP contribution in [0, 0.1) is 0 Å². The van der Waals surface area contributed by atoms with Gasteiger partial charge in [0, 0.05) is 66.9 Å². The Hall–Kier alpha value is -7.83. The lowest BCUT2D eigenvalue weighted by Crippen LogP contribution is -2.10. The minimum absolute atomic E-state index is 0.568. The zero-order chi connectivity index (χ0) is 37.7. The number of nitrogens with zero attached hydrogens (tertiary/aromatic N) is 4. The van der Waals surface area contributed by atoms with E-state index in [2.05, 4.69) is 95.9 Å². The van der Waals surface area contributed by atoms with Crippen LogP contribution in [0.1, 0.15) is 0 Å². The summed E-state index contributed by atoms with van der Waals surface area (Å²) in [6.07, 6.45) is 0. The molecule has 6 nitrogen and oxygen atoms in total. The molecule has 0 unspecified atom stereocenters. The van der Waals surface area contributed by atoms with E-state index in [1.807, 2.05) is 103 Å². The van der Waals surface area contributed by atoms with Crippen LogP contribution >= 0.6 is 0 Å². The zero-order valence-corrected chi connectivity index (χ0v) is 30.6. The van der Waals surface area contributed by atoms with Gasteiger partial charge in [0.25, 0.3) is 0 Å². The summed E-state index contributed by atoms with van der Waals surface area (Å²) < 4.78 is 13.3. The molecule has 3 heterocycles. The van der Waals surface area contributed by atoms with Gasteiger partial charge in [0.15, 0.2) is 17.5 Å². The molecule has 11 rings (SSSR count). The number of para-hydroxylation sites is 2. The lowest BCUT2D eigenvalue weighted by Gasteiger charge is -2.26. The molecule has 57 heavy (non-hydrogen) atoms. The SMILES string of the molecule is c1ccc(-c2nc(-c3ccccc3)nc(-c3cccc4oc5c(-c6ccccc6)cc(N(c6ccccc6)c6ccc7c(c6)oc6ccccc67)cc5c34)n2)cc1. The van der Waals surface area contributed by atoms with Crippen LogP contribution in [0.15, 0.2) is 203 Å². The van der Waals surface area contributed by atoms with Crippen LogP contribution in [0.4, 0.5) is 17.1 Å². The van der Waals surface area contributed by atoms with E-state index in [1.54, 1.807) is 0 Å². The molecule has 8 aromatic carbocycles. The van der Waals surface area contributed by atoms with Gasteiger partial charge in [-0.3, -0.25) is 0 Å². The molecule has 0 spiro atoms. The second kappa shape index (κ2) is 13.5. The topological polar surface area (TPSA) is 68.2 Å². The normalized spacial score (nSPS) is 11.5. The first-order valence-electron chi connectivity index (χ1n) is 18.9. The van der Waals surface area contributed by atoms with Gasteiger partial charge in [-0.15, -0.1) is 0 Å². The Labute approximate surface area is 328 Å². The van der Waals surface area contributed by atoms with Gasteiger partial charge in [0.05, 0.1) is 0 Å². The van der Waals surface area contributed by atoms with Gasteiger partial charge in [-0.05, 0) is 54.1 Å². The Morgan fingerprint density at radius 3 is 1.61 bits per heavy atom. The summed E-state index contributed by atoms with van der Waals surface area (Å²) >= 11 is 0. The first kappa shape index (κ1) is 32.6. The van der Waals surface area contributed by atoms with Gasteiger partial charge < -0.3 is 13.7 Å². The number of rotatable bonds is 7. The van der Waals surface area contributed by atoms with Gasteiger partial charge >= 0.3 is 0 Å². The molecule has 0 N–H and O–H groups in total. The lowest BCUT2D eigenvalue weighted by atomic mass is 9.98. The number of fused-ring (bicyclic) bond motifs is 6. The summed E-state index contributed by atoms with van der Waals surface area (Å²) in [5.74, 6) is 1.77. The first-order valence-corrected chi connectivity index (χ1v) is 18.9. The fourth-order valence-electron chi connectivity index (χ4n) is 7.87. The van der Waals surface area contributed by atoms with Crippen molar-refractivity contribution in [3.8, 4) is 45.3 Å². The minimum Gasteiger partial charge on any atom is -0.456 e. The molecule has 0 aliphatic heterocycles. The second-order valence-electron chi connectivity index (χ2n) is 14.0.